The number of carbonyl (C=O) groups excluding carboxylic acids is 3. The van der Waals surface area contributed by atoms with E-state index in [-0.39, 0.29) is 17.9 Å². The standard InChI is InChI=1S/C19H16O6/c1-19(10-13-5-3-4-6-14(13)17(21)25-19)18(22)24-15-8-7-12(11-20)9-16(15)23-2/h3-9,11H,10H2,1-2H3/t19-/m1/s1. The van der Waals surface area contributed by atoms with Crippen LogP contribution in [0.2, 0.25) is 0 Å². The summed E-state index contributed by atoms with van der Waals surface area (Å²) in [6, 6.07) is 11.4. The Labute approximate surface area is 144 Å². The molecule has 0 amide bonds. The lowest BCUT2D eigenvalue weighted by molar-refractivity contribution is -0.155. The van der Waals surface area contributed by atoms with E-state index in [1.807, 2.05) is 0 Å². The van der Waals surface area contributed by atoms with Crippen LogP contribution in [-0.2, 0) is 16.0 Å². The minimum atomic E-state index is -1.44. The van der Waals surface area contributed by atoms with Gasteiger partial charge in [0.1, 0.15) is 6.29 Å². The summed E-state index contributed by atoms with van der Waals surface area (Å²) in [5.41, 5.74) is 0.114. The number of fused-ring (bicyclic) bond motifs is 1. The fourth-order valence-corrected chi connectivity index (χ4v) is 2.70. The van der Waals surface area contributed by atoms with E-state index in [1.54, 1.807) is 24.3 Å². The van der Waals surface area contributed by atoms with Crippen molar-refractivity contribution < 1.29 is 28.6 Å². The zero-order chi connectivity index (χ0) is 18.0. The fourth-order valence-electron chi connectivity index (χ4n) is 2.70. The van der Waals surface area contributed by atoms with E-state index >= 15 is 0 Å². The number of aldehydes is 1. The summed E-state index contributed by atoms with van der Waals surface area (Å²) in [5, 5.41) is 0. The van der Waals surface area contributed by atoms with E-state index in [1.165, 1.54) is 32.2 Å². The van der Waals surface area contributed by atoms with Crippen molar-refractivity contribution in [3.63, 3.8) is 0 Å². The Morgan fingerprint density at radius 3 is 2.68 bits per heavy atom. The van der Waals surface area contributed by atoms with Crippen molar-refractivity contribution in [1.29, 1.82) is 0 Å². The lowest BCUT2D eigenvalue weighted by Crippen LogP contribution is -2.48. The first-order chi connectivity index (χ1) is 12.0. The second-order valence-corrected chi connectivity index (χ2v) is 5.87. The van der Waals surface area contributed by atoms with Gasteiger partial charge in [0.25, 0.3) is 0 Å². The van der Waals surface area contributed by atoms with Crippen LogP contribution in [0.15, 0.2) is 42.5 Å². The number of hydrogen-bond donors (Lipinski definition) is 0. The van der Waals surface area contributed by atoms with E-state index in [4.69, 9.17) is 14.2 Å². The highest BCUT2D eigenvalue weighted by Gasteiger charge is 2.44. The van der Waals surface area contributed by atoms with Gasteiger partial charge in [-0.25, -0.2) is 9.59 Å². The van der Waals surface area contributed by atoms with Crippen LogP contribution in [0.1, 0.15) is 33.2 Å². The maximum Gasteiger partial charge on any atom is 0.356 e. The van der Waals surface area contributed by atoms with Gasteiger partial charge in [-0.05, 0) is 36.8 Å². The van der Waals surface area contributed by atoms with Crippen molar-refractivity contribution in [2.24, 2.45) is 0 Å². The van der Waals surface area contributed by atoms with Crippen LogP contribution in [0.25, 0.3) is 0 Å². The molecular weight excluding hydrogens is 324 g/mol. The lowest BCUT2D eigenvalue weighted by atomic mass is 9.90. The normalized spacial score (nSPS) is 18.7. The number of benzene rings is 2. The molecule has 0 unspecified atom stereocenters. The zero-order valence-electron chi connectivity index (χ0n) is 13.8. The minimum absolute atomic E-state index is 0.147. The molecule has 1 heterocycles. The molecule has 0 radical (unpaired) electrons. The highest BCUT2D eigenvalue weighted by atomic mass is 16.6. The zero-order valence-corrected chi connectivity index (χ0v) is 13.8. The summed E-state index contributed by atoms with van der Waals surface area (Å²) in [7, 11) is 1.40. The third-order valence-corrected chi connectivity index (χ3v) is 4.04. The SMILES string of the molecule is COc1cc(C=O)ccc1OC(=O)[C@@]1(C)Cc2ccccc2C(=O)O1. The molecule has 1 aliphatic rings. The summed E-state index contributed by atoms with van der Waals surface area (Å²) < 4.78 is 15.9. The molecule has 3 rings (SSSR count). The molecule has 6 nitrogen and oxygen atoms in total. The van der Waals surface area contributed by atoms with Gasteiger partial charge in [0, 0.05) is 12.0 Å². The van der Waals surface area contributed by atoms with Gasteiger partial charge in [-0.1, -0.05) is 18.2 Å². The molecule has 0 fully saturated rings. The Hall–Kier alpha value is -3.15. The van der Waals surface area contributed by atoms with Crippen molar-refractivity contribution in [3.05, 3.63) is 59.2 Å². The molecule has 1 atom stereocenters. The molecule has 0 N–H and O–H groups in total. The number of hydrogen-bond acceptors (Lipinski definition) is 6. The molecule has 2 aromatic carbocycles. The maximum atomic E-state index is 12.6. The summed E-state index contributed by atoms with van der Waals surface area (Å²) in [6.45, 7) is 1.51. The molecular formula is C19H16O6. The summed E-state index contributed by atoms with van der Waals surface area (Å²) in [4.78, 5) is 35.7. The molecule has 25 heavy (non-hydrogen) atoms. The second-order valence-electron chi connectivity index (χ2n) is 5.87. The molecule has 2 aromatic rings. The number of cyclic esters (lactones) is 1. The predicted molar refractivity (Wildman–Crippen MR) is 88.0 cm³/mol. The van der Waals surface area contributed by atoms with Crippen molar-refractivity contribution in [3.8, 4) is 11.5 Å². The molecule has 1 aliphatic heterocycles. The molecule has 128 valence electrons. The number of esters is 2. The summed E-state index contributed by atoms with van der Waals surface area (Å²) in [6.07, 6.45) is 0.873. The van der Waals surface area contributed by atoms with Gasteiger partial charge in [-0.15, -0.1) is 0 Å². The van der Waals surface area contributed by atoms with Crippen LogP contribution in [0, 0.1) is 0 Å². The summed E-state index contributed by atoms with van der Waals surface area (Å²) >= 11 is 0. The van der Waals surface area contributed by atoms with Gasteiger partial charge in [0.15, 0.2) is 11.5 Å². The Bertz CT molecular complexity index is 857. The molecule has 6 heteroatoms. The number of methoxy groups -OCH3 is 1. The second kappa shape index (κ2) is 6.39. The maximum absolute atomic E-state index is 12.6. The lowest BCUT2D eigenvalue weighted by Gasteiger charge is -2.32. The average molecular weight is 340 g/mol. The monoisotopic (exact) mass is 340 g/mol. The molecule has 0 spiro atoms. The highest BCUT2D eigenvalue weighted by Crippen LogP contribution is 2.32. The molecule has 0 saturated heterocycles. The Morgan fingerprint density at radius 1 is 1.20 bits per heavy atom. The van der Waals surface area contributed by atoms with Crippen LogP contribution < -0.4 is 9.47 Å². The number of ether oxygens (including phenoxy) is 3. The van der Waals surface area contributed by atoms with Gasteiger partial charge >= 0.3 is 11.9 Å². The third kappa shape index (κ3) is 3.10. The van der Waals surface area contributed by atoms with Crippen LogP contribution in [0.4, 0.5) is 0 Å². The largest absolute Gasteiger partial charge is 0.493 e. The smallest absolute Gasteiger partial charge is 0.356 e. The number of carbonyl (C=O) groups is 3. The molecule has 0 aliphatic carbocycles. The highest BCUT2D eigenvalue weighted by molar-refractivity contribution is 5.96. The van der Waals surface area contributed by atoms with Crippen LogP contribution in [0.3, 0.4) is 0 Å². The van der Waals surface area contributed by atoms with Crippen molar-refractivity contribution in [1.82, 2.24) is 0 Å². The molecule has 0 bridgehead atoms. The van der Waals surface area contributed by atoms with Gasteiger partial charge in [-0.2, -0.15) is 0 Å². The van der Waals surface area contributed by atoms with E-state index < -0.39 is 17.5 Å². The first kappa shape index (κ1) is 16.7. The Kier molecular flexibility index (Phi) is 4.27. The van der Waals surface area contributed by atoms with Gasteiger partial charge < -0.3 is 14.2 Å². The molecule has 0 aromatic heterocycles. The van der Waals surface area contributed by atoms with Crippen LogP contribution >= 0.6 is 0 Å². The van der Waals surface area contributed by atoms with Crippen molar-refractivity contribution in [2.75, 3.05) is 7.11 Å². The fraction of sp³-hybridized carbons (Fsp3) is 0.211. The van der Waals surface area contributed by atoms with Gasteiger partial charge in [0.2, 0.25) is 5.60 Å². The van der Waals surface area contributed by atoms with E-state index in [0.29, 0.717) is 17.4 Å². The quantitative estimate of drug-likeness (QED) is 0.483. The van der Waals surface area contributed by atoms with E-state index in [9.17, 15) is 14.4 Å². The van der Waals surface area contributed by atoms with Crippen molar-refractivity contribution in [2.45, 2.75) is 18.9 Å². The third-order valence-electron chi connectivity index (χ3n) is 4.04. The van der Waals surface area contributed by atoms with E-state index in [0.717, 1.165) is 5.56 Å². The minimum Gasteiger partial charge on any atom is -0.493 e. The topological polar surface area (TPSA) is 78.9 Å². The van der Waals surface area contributed by atoms with Crippen LogP contribution in [0.5, 0.6) is 11.5 Å². The summed E-state index contributed by atoms with van der Waals surface area (Å²) in [5.74, 6) is -0.893. The van der Waals surface area contributed by atoms with Crippen LogP contribution in [-0.4, -0.2) is 30.9 Å². The van der Waals surface area contributed by atoms with Gasteiger partial charge in [-0.3, -0.25) is 4.79 Å². The first-order valence-electron chi connectivity index (χ1n) is 7.63. The average Bonchev–Trinajstić information content (AvgIpc) is 2.61. The predicted octanol–water partition coefficient (Wildman–Crippen LogP) is 2.58. The Morgan fingerprint density at radius 2 is 1.96 bits per heavy atom. The van der Waals surface area contributed by atoms with Crippen molar-refractivity contribution >= 4 is 18.2 Å². The number of rotatable bonds is 4. The Balaban J connectivity index is 1.87. The van der Waals surface area contributed by atoms with E-state index in [2.05, 4.69) is 0 Å². The first-order valence-corrected chi connectivity index (χ1v) is 7.63. The molecule has 0 saturated carbocycles. The van der Waals surface area contributed by atoms with Gasteiger partial charge in [0.05, 0.1) is 12.7 Å².